The van der Waals surface area contributed by atoms with Crippen LogP contribution in [0.5, 0.6) is 5.75 Å². The molecular formula is C23H27NO7S. The Balaban J connectivity index is 0.000000309. The molecule has 2 unspecified atom stereocenters. The zero-order chi connectivity index (χ0) is 23.7. The first-order valence-corrected chi connectivity index (χ1v) is 10.7. The molecule has 2 aromatic carbocycles. The molecule has 3 atom stereocenters. The first kappa shape index (κ1) is 25.3. The summed E-state index contributed by atoms with van der Waals surface area (Å²) in [5.41, 5.74) is 0. The van der Waals surface area contributed by atoms with E-state index < -0.39 is 24.1 Å². The lowest BCUT2D eigenvalue weighted by molar-refractivity contribution is -0.165. The topological polar surface area (TPSA) is 128 Å². The van der Waals surface area contributed by atoms with E-state index in [9.17, 15) is 9.59 Å². The lowest BCUT2D eigenvalue weighted by atomic mass is 10.1. The van der Waals surface area contributed by atoms with Crippen molar-refractivity contribution in [1.82, 2.24) is 4.90 Å². The highest BCUT2D eigenvalue weighted by atomic mass is 32.1. The Morgan fingerprint density at radius 2 is 1.56 bits per heavy atom. The first-order valence-electron chi connectivity index (χ1n) is 9.84. The number of aliphatic hydroxyl groups excluding tert-OH is 2. The molecule has 8 nitrogen and oxygen atoms in total. The molecule has 0 aliphatic carbocycles. The van der Waals surface area contributed by atoms with Crippen molar-refractivity contribution in [1.29, 1.82) is 0 Å². The summed E-state index contributed by atoms with van der Waals surface area (Å²) in [7, 11) is 4.25. The molecule has 0 saturated carbocycles. The number of aliphatic carboxylic acids is 2. The maximum absolute atomic E-state index is 9.77. The number of aliphatic hydroxyl groups is 2. The van der Waals surface area contributed by atoms with Gasteiger partial charge in [0.15, 0.2) is 12.2 Å². The van der Waals surface area contributed by atoms with E-state index in [0.29, 0.717) is 6.04 Å². The third-order valence-electron chi connectivity index (χ3n) is 4.70. The molecular weight excluding hydrogens is 434 g/mol. The van der Waals surface area contributed by atoms with Crippen LogP contribution >= 0.6 is 11.3 Å². The fourth-order valence-electron chi connectivity index (χ4n) is 3.01. The third-order valence-corrected chi connectivity index (χ3v) is 5.67. The molecule has 172 valence electrons. The van der Waals surface area contributed by atoms with Crippen LogP contribution in [0.3, 0.4) is 0 Å². The van der Waals surface area contributed by atoms with Crippen molar-refractivity contribution in [2.75, 3.05) is 20.7 Å². The molecule has 1 heterocycles. The second-order valence-electron chi connectivity index (χ2n) is 7.18. The summed E-state index contributed by atoms with van der Waals surface area (Å²) >= 11 is 1.81. The highest BCUT2D eigenvalue weighted by Gasteiger charge is 2.29. The number of hydrogen-bond acceptors (Lipinski definition) is 7. The minimum atomic E-state index is -2.27. The fourth-order valence-corrected chi connectivity index (χ4v) is 3.97. The van der Waals surface area contributed by atoms with Crippen molar-refractivity contribution in [2.24, 2.45) is 0 Å². The minimum Gasteiger partial charge on any atom is -0.493 e. The van der Waals surface area contributed by atoms with Crippen LogP contribution in [0.15, 0.2) is 60.0 Å². The van der Waals surface area contributed by atoms with Gasteiger partial charge in [-0.2, -0.15) is 0 Å². The average Bonchev–Trinajstić information content (AvgIpc) is 3.30. The lowest BCUT2D eigenvalue weighted by Gasteiger charge is -2.23. The van der Waals surface area contributed by atoms with E-state index in [0.717, 1.165) is 18.8 Å². The number of carboxylic acid groups (broad SMARTS) is 2. The van der Waals surface area contributed by atoms with Crippen LogP contribution in [0.1, 0.15) is 17.3 Å². The number of nitrogens with zero attached hydrogens (tertiary/aromatic N) is 1. The summed E-state index contributed by atoms with van der Waals surface area (Å²) in [4.78, 5) is 23.2. The number of carboxylic acids is 2. The normalized spacial score (nSPS) is 13.7. The van der Waals surface area contributed by atoms with Crippen molar-refractivity contribution in [2.45, 2.75) is 24.7 Å². The van der Waals surface area contributed by atoms with Gasteiger partial charge in [-0.1, -0.05) is 42.5 Å². The molecule has 1 aromatic heterocycles. The van der Waals surface area contributed by atoms with Crippen molar-refractivity contribution >= 4 is 34.0 Å². The minimum absolute atomic E-state index is 0.412. The van der Waals surface area contributed by atoms with Crippen molar-refractivity contribution < 1.29 is 34.8 Å². The van der Waals surface area contributed by atoms with Gasteiger partial charge in [0.2, 0.25) is 0 Å². The van der Waals surface area contributed by atoms with Gasteiger partial charge in [-0.3, -0.25) is 0 Å². The number of thiophene rings is 1. The van der Waals surface area contributed by atoms with Crippen LogP contribution in [0.4, 0.5) is 0 Å². The van der Waals surface area contributed by atoms with Gasteiger partial charge >= 0.3 is 11.9 Å². The molecule has 0 aliphatic rings. The molecule has 32 heavy (non-hydrogen) atoms. The number of fused-ring (bicyclic) bond motifs is 1. The summed E-state index contributed by atoms with van der Waals surface area (Å²) in [5.74, 6) is -2.56. The molecule has 0 amide bonds. The van der Waals surface area contributed by atoms with Crippen LogP contribution in [0.2, 0.25) is 0 Å². The van der Waals surface area contributed by atoms with E-state index in [1.807, 2.05) is 11.3 Å². The molecule has 0 saturated heterocycles. The summed E-state index contributed by atoms with van der Waals surface area (Å²) in [5, 5.41) is 37.1. The standard InChI is InChI=1S/C19H21NOS.C4H6O6/c1-20(2)17(19-11-6-14-22-19)12-13-21-18-10-5-8-15-7-3-4-9-16(15)18;5-1(3(7)8)2(6)4(9)10/h3-11,14,17H,12-13H2,1-2H3;1-2,5-6H,(H,7,8)(H,9,10)/t17-;/m0./s1. The van der Waals surface area contributed by atoms with E-state index in [2.05, 4.69) is 79.0 Å². The Hall–Kier alpha value is -2.98. The number of ether oxygens (including phenoxy) is 1. The summed E-state index contributed by atoms with van der Waals surface area (Å²) in [6.07, 6.45) is -3.55. The zero-order valence-electron chi connectivity index (χ0n) is 17.8. The number of rotatable bonds is 9. The van der Waals surface area contributed by atoms with Crippen LogP contribution in [-0.4, -0.2) is 70.2 Å². The maximum Gasteiger partial charge on any atom is 0.335 e. The van der Waals surface area contributed by atoms with Crippen LogP contribution in [-0.2, 0) is 9.59 Å². The quantitative estimate of drug-likeness (QED) is 0.383. The molecule has 4 N–H and O–H groups in total. The SMILES string of the molecule is CN(C)[C@@H](CCOc1cccc2ccccc12)c1cccs1.O=C(O)C(O)C(O)C(=O)O. The average molecular weight is 462 g/mol. The van der Waals surface area contributed by atoms with Crippen LogP contribution in [0, 0.1) is 0 Å². The van der Waals surface area contributed by atoms with Gasteiger partial charge in [-0.15, -0.1) is 11.3 Å². The van der Waals surface area contributed by atoms with Crippen molar-refractivity contribution in [3.8, 4) is 5.75 Å². The molecule has 0 radical (unpaired) electrons. The van der Waals surface area contributed by atoms with Gasteiger partial charge in [0.25, 0.3) is 0 Å². The third kappa shape index (κ3) is 7.03. The Morgan fingerprint density at radius 3 is 2.12 bits per heavy atom. The highest BCUT2D eigenvalue weighted by Crippen LogP contribution is 2.28. The maximum atomic E-state index is 9.77. The Bertz CT molecular complexity index is 983. The summed E-state index contributed by atoms with van der Waals surface area (Å²) in [6, 6.07) is 19.3. The zero-order valence-corrected chi connectivity index (χ0v) is 18.6. The highest BCUT2D eigenvalue weighted by molar-refractivity contribution is 7.10. The number of benzene rings is 2. The van der Waals surface area contributed by atoms with Crippen molar-refractivity contribution in [3.05, 3.63) is 64.9 Å². The van der Waals surface area contributed by atoms with Crippen LogP contribution < -0.4 is 4.74 Å². The number of carbonyl (C=O) groups is 2. The van der Waals surface area contributed by atoms with E-state index in [4.69, 9.17) is 25.2 Å². The fraction of sp³-hybridized carbons (Fsp3) is 0.304. The monoisotopic (exact) mass is 461 g/mol. The van der Waals surface area contributed by atoms with Gasteiger partial charge in [-0.25, -0.2) is 9.59 Å². The second-order valence-corrected chi connectivity index (χ2v) is 8.15. The predicted octanol–water partition coefficient (Wildman–Crippen LogP) is 2.85. The lowest BCUT2D eigenvalue weighted by Crippen LogP contribution is -2.39. The Kier molecular flexibility index (Phi) is 9.61. The van der Waals surface area contributed by atoms with Gasteiger partial charge in [0.05, 0.1) is 6.61 Å². The number of hydrogen-bond donors (Lipinski definition) is 4. The molecule has 3 rings (SSSR count). The molecule has 0 spiro atoms. The Labute approximate surface area is 189 Å². The smallest absolute Gasteiger partial charge is 0.335 e. The van der Waals surface area contributed by atoms with E-state index >= 15 is 0 Å². The van der Waals surface area contributed by atoms with Gasteiger partial charge in [-0.05, 0) is 37.0 Å². The van der Waals surface area contributed by atoms with Crippen molar-refractivity contribution in [3.63, 3.8) is 0 Å². The molecule has 9 heteroatoms. The van der Waals surface area contributed by atoms with Gasteiger partial charge < -0.3 is 30.1 Å². The molecule has 0 aliphatic heterocycles. The van der Waals surface area contributed by atoms with Crippen LogP contribution in [0.25, 0.3) is 10.8 Å². The van der Waals surface area contributed by atoms with Gasteiger partial charge in [0.1, 0.15) is 5.75 Å². The summed E-state index contributed by atoms with van der Waals surface area (Å²) < 4.78 is 6.08. The van der Waals surface area contributed by atoms with E-state index in [-0.39, 0.29) is 0 Å². The second kappa shape index (κ2) is 12.2. The predicted molar refractivity (Wildman–Crippen MR) is 122 cm³/mol. The molecule has 0 bridgehead atoms. The first-order chi connectivity index (χ1) is 15.2. The molecule has 0 fully saturated rings. The molecule has 3 aromatic rings. The van der Waals surface area contributed by atoms with E-state index in [1.165, 1.54) is 15.6 Å². The van der Waals surface area contributed by atoms with Gasteiger partial charge in [0, 0.05) is 22.7 Å². The van der Waals surface area contributed by atoms with E-state index in [1.54, 1.807) is 0 Å². The Morgan fingerprint density at radius 1 is 0.938 bits per heavy atom. The largest absolute Gasteiger partial charge is 0.493 e. The summed E-state index contributed by atoms with van der Waals surface area (Å²) in [6.45, 7) is 0.717.